The summed E-state index contributed by atoms with van der Waals surface area (Å²) in [4.78, 5) is 24.8. The molecule has 0 aromatic heterocycles. The fourth-order valence-electron chi connectivity index (χ4n) is 0. The molecule has 0 saturated carbocycles. The minimum Gasteiger partial charge on any atom is -0.356 e. The van der Waals surface area contributed by atoms with Gasteiger partial charge in [-0.1, -0.05) is 0 Å². The molecule has 0 atom stereocenters. The maximum Gasteiger partial charge on any atom is 2.00 e. The van der Waals surface area contributed by atoms with Gasteiger partial charge in [-0.2, -0.15) is 0 Å². The van der Waals surface area contributed by atoms with Crippen LogP contribution in [0.5, 0.6) is 0 Å². The van der Waals surface area contributed by atoms with Gasteiger partial charge in [0.25, 0.3) is 0 Å². The number of nitrogens with zero attached hydrogens (tertiary/aromatic N) is 3. The van der Waals surface area contributed by atoms with E-state index in [0.29, 0.717) is 0 Å². The molecule has 0 fully saturated rings. The monoisotopic (exact) mass is 327 g/mol. The SMILES string of the molecule is O=[N+]([O-])[O-].O=[N+]([O-])[O-].O=[N+]([O-])[O-].[Cl+].[Pd+2]. The smallest absolute Gasteiger partial charge is 0.356 e. The largest absolute Gasteiger partial charge is 2.00 e. The van der Waals surface area contributed by atoms with E-state index in [1.54, 1.807) is 0 Å². The third kappa shape index (κ3) is 459. The van der Waals surface area contributed by atoms with E-state index in [4.69, 9.17) is 46.0 Å². The summed E-state index contributed by atoms with van der Waals surface area (Å²) < 4.78 is 0. The first-order valence-electron chi connectivity index (χ1n) is 1.64. The molecular formula is ClN3O9Pd. The second-order valence-electron chi connectivity index (χ2n) is 0.671. The van der Waals surface area contributed by atoms with E-state index >= 15 is 0 Å². The Hall–Kier alpha value is -1.45. The average molecular weight is 328 g/mol. The quantitative estimate of drug-likeness (QED) is 0.312. The Morgan fingerprint density at radius 3 is 0.571 bits per heavy atom. The first-order chi connectivity index (χ1) is 5.20. The Morgan fingerprint density at radius 1 is 0.571 bits per heavy atom. The van der Waals surface area contributed by atoms with Gasteiger partial charge < -0.3 is 46.0 Å². The Labute approximate surface area is 94.5 Å². The Bertz CT molecular complexity index is 118. The van der Waals surface area contributed by atoms with Crippen molar-refractivity contribution in [1.29, 1.82) is 0 Å². The number of halogens is 1. The number of hydrogen-bond donors (Lipinski definition) is 0. The van der Waals surface area contributed by atoms with Gasteiger partial charge in [0, 0.05) is 0 Å². The van der Waals surface area contributed by atoms with E-state index in [0.717, 1.165) is 0 Å². The molecule has 0 aliphatic heterocycles. The maximum atomic E-state index is 8.25. The molecular weight excluding hydrogens is 328 g/mol. The molecule has 14 heavy (non-hydrogen) atoms. The van der Waals surface area contributed by atoms with Crippen molar-refractivity contribution < 1.29 is 48.1 Å². The van der Waals surface area contributed by atoms with Crippen molar-refractivity contribution in [2.24, 2.45) is 0 Å². The van der Waals surface area contributed by atoms with E-state index in [2.05, 4.69) is 0 Å². The summed E-state index contributed by atoms with van der Waals surface area (Å²) >= 11 is 0. The molecule has 0 N–H and O–H groups in total. The summed E-state index contributed by atoms with van der Waals surface area (Å²) in [7, 11) is 0. The zero-order valence-corrected chi connectivity index (χ0v) is 8.02. The molecule has 86 valence electrons. The van der Waals surface area contributed by atoms with Gasteiger partial charge in [0.2, 0.25) is 0 Å². The Balaban J connectivity index is -0.0000000270. The molecule has 0 heterocycles. The van der Waals surface area contributed by atoms with Crippen LogP contribution in [-0.4, -0.2) is 15.3 Å². The minimum absolute atomic E-state index is 0. The molecule has 0 spiro atoms. The van der Waals surface area contributed by atoms with Gasteiger partial charge >= 0.3 is 32.8 Å². The molecule has 12 nitrogen and oxygen atoms in total. The van der Waals surface area contributed by atoms with Crippen LogP contribution in [0.25, 0.3) is 0 Å². The third-order valence-corrected chi connectivity index (χ3v) is 0. The van der Waals surface area contributed by atoms with E-state index in [-0.39, 0.29) is 32.8 Å². The standard InChI is InChI=1S/Cl.3NO3.Pd/c;3*2-1(3)4;/q+1;3*-1;+2. The van der Waals surface area contributed by atoms with Crippen molar-refractivity contribution in [1.82, 2.24) is 0 Å². The minimum atomic E-state index is -1.75. The van der Waals surface area contributed by atoms with E-state index in [9.17, 15) is 0 Å². The average Bonchev–Trinajstić information content (AvgIpc) is 1.54. The van der Waals surface area contributed by atoms with Crippen molar-refractivity contribution in [3.63, 3.8) is 0 Å². The van der Waals surface area contributed by atoms with E-state index in [1.807, 2.05) is 0 Å². The summed E-state index contributed by atoms with van der Waals surface area (Å²) in [5.41, 5.74) is 0. The number of rotatable bonds is 0. The van der Waals surface area contributed by atoms with E-state index in [1.165, 1.54) is 0 Å². The Morgan fingerprint density at radius 2 is 0.571 bits per heavy atom. The van der Waals surface area contributed by atoms with Crippen molar-refractivity contribution in [2.75, 3.05) is 0 Å². The zero-order chi connectivity index (χ0) is 10.7. The second-order valence-corrected chi connectivity index (χ2v) is 0.671. The molecule has 0 unspecified atom stereocenters. The van der Waals surface area contributed by atoms with Gasteiger partial charge in [0.1, 0.15) is 0 Å². The molecule has 0 aliphatic carbocycles. The molecule has 0 rings (SSSR count). The molecule has 0 aromatic rings. The van der Waals surface area contributed by atoms with Crippen LogP contribution in [0.15, 0.2) is 0 Å². The molecule has 0 aliphatic rings. The van der Waals surface area contributed by atoms with Crippen molar-refractivity contribution in [3.05, 3.63) is 46.0 Å². The van der Waals surface area contributed by atoms with Gasteiger partial charge in [0.05, 0.1) is 15.3 Å². The fraction of sp³-hybridized carbons (Fsp3) is 0. The topological polar surface area (TPSA) is 199 Å². The summed E-state index contributed by atoms with van der Waals surface area (Å²) in [6.07, 6.45) is 0. The van der Waals surface area contributed by atoms with Crippen molar-refractivity contribution >= 4 is 0 Å². The van der Waals surface area contributed by atoms with Crippen LogP contribution in [0.1, 0.15) is 0 Å². The van der Waals surface area contributed by atoms with Crippen LogP contribution in [-0.2, 0) is 20.4 Å². The zero-order valence-electron chi connectivity index (χ0n) is 5.71. The van der Waals surface area contributed by atoms with Crippen LogP contribution in [0, 0.1) is 58.4 Å². The second kappa shape index (κ2) is 22.6. The first kappa shape index (κ1) is 29.4. The number of hydrogen-bond acceptors (Lipinski definition) is 9. The van der Waals surface area contributed by atoms with Gasteiger partial charge in [-0.05, 0) is 0 Å². The van der Waals surface area contributed by atoms with Crippen molar-refractivity contribution in [2.45, 2.75) is 0 Å². The van der Waals surface area contributed by atoms with Crippen LogP contribution in [0.2, 0.25) is 0 Å². The van der Waals surface area contributed by atoms with Crippen LogP contribution in [0.3, 0.4) is 0 Å². The molecule has 0 amide bonds. The normalized spacial score (nSPS) is 5.14. The van der Waals surface area contributed by atoms with Gasteiger partial charge in [-0.3, -0.25) is 0 Å². The molecule has 14 heteroatoms. The predicted octanol–water partition coefficient (Wildman–Crippen LogP) is -0.720. The van der Waals surface area contributed by atoms with Crippen LogP contribution in [0.4, 0.5) is 0 Å². The molecule has 0 saturated heterocycles. The van der Waals surface area contributed by atoms with Crippen LogP contribution < -0.4 is 0 Å². The van der Waals surface area contributed by atoms with Gasteiger partial charge in [-0.25, -0.2) is 0 Å². The van der Waals surface area contributed by atoms with Crippen molar-refractivity contribution in [3.8, 4) is 0 Å². The molecule has 2 radical (unpaired) electrons. The first-order valence-corrected chi connectivity index (χ1v) is 1.64. The predicted molar refractivity (Wildman–Crippen MR) is 31.1 cm³/mol. The maximum absolute atomic E-state index is 8.25. The fourth-order valence-corrected chi connectivity index (χ4v) is 0. The van der Waals surface area contributed by atoms with Crippen LogP contribution >= 0.6 is 0 Å². The van der Waals surface area contributed by atoms with Gasteiger partial charge in [-0.15, -0.1) is 0 Å². The molecule has 0 aromatic carbocycles. The third-order valence-electron chi connectivity index (χ3n) is 0. The summed E-state index contributed by atoms with van der Waals surface area (Å²) in [5.74, 6) is 0. The Kier molecular flexibility index (Phi) is 47.3. The van der Waals surface area contributed by atoms with Gasteiger partial charge in [0.15, 0.2) is 0 Å². The summed E-state index contributed by atoms with van der Waals surface area (Å²) in [6, 6.07) is 0. The van der Waals surface area contributed by atoms with E-state index < -0.39 is 15.3 Å². The summed E-state index contributed by atoms with van der Waals surface area (Å²) in [5, 5.41) is 44.2. The molecule has 0 bridgehead atoms. The summed E-state index contributed by atoms with van der Waals surface area (Å²) in [6.45, 7) is 0.